The van der Waals surface area contributed by atoms with Crippen LogP contribution in [-0.4, -0.2) is 54.6 Å². The summed E-state index contributed by atoms with van der Waals surface area (Å²) in [6.07, 6.45) is 2.37. The smallest absolute Gasteiger partial charge is 0.248 e. The Hall–Kier alpha value is -2.26. The number of amides is 1. The van der Waals surface area contributed by atoms with E-state index in [2.05, 4.69) is 12.1 Å². The molecule has 1 saturated carbocycles. The number of primary amides is 1. The first kappa shape index (κ1) is 21.0. The summed E-state index contributed by atoms with van der Waals surface area (Å²) in [4.78, 5) is 11.3. The van der Waals surface area contributed by atoms with Crippen LogP contribution < -0.4 is 5.73 Å². The Labute approximate surface area is 177 Å². The molecule has 0 spiro atoms. The van der Waals surface area contributed by atoms with Gasteiger partial charge in [-0.3, -0.25) is 4.79 Å². The van der Waals surface area contributed by atoms with Gasteiger partial charge in [0.2, 0.25) is 15.9 Å². The van der Waals surface area contributed by atoms with Gasteiger partial charge in [-0.15, -0.1) is 0 Å². The highest BCUT2D eigenvalue weighted by Crippen LogP contribution is 2.44. The van der Waals surface area contributed by atoms with Gasteiger partial charge >= 0.3 is 0 Å². The van der Waals surface area contributed by atoms with Crippen LogP contribution in [-0.2, 0) is 10.0 Å². The van der Waals surface area contributed by atoms with E-state index in [9.17, 15) is 18.4 Å². The predicted molar refractivity (Wildman–Crippen MR) is 113 cm³/mol. The van der Waals surface area contributed by atoms with Crippen molar-refractivity contribution in [3.63, 3.8) is 0 Å². The number of carbonyl (C=O) groups is 1. The van der Waals surface area contributed by atoms with E-state index < -0.39 is 15.9 Å². The molecular weight excluding hydrogens is 402 g/mol. The van der Waals surface area contributed by atoms with Gasteiger partial charge in [-0.05, 0) is 55.0 Å². The third-order valence-electron chi connectivity index (χ3n) is 6.16. The van der Waals surface area contributed by atoms with Crippen LogP contribution in [0, 0.1) is 5.92 Å². The molecule has 2 fully saturated rings. The first-order chi connectivity index (χ1) is 14.4. The molecule has 2 aliphatic rings. The summed E-state index contributed by atoms with van der Waals surface area (Å²) >= 11 is 0. The molecule has 1 aliphatic carbocycles. The lowest BCUT2D eigenvalue weighted by Crippen LogP contribution is -2.41. The highest BCUT2D eigenvalue weighted by atomic mass is 32.2. The van der Waals surface area contributed by atoms with E-state index in [1.54, 1.807) is 0 Å². The second-order valence-electron chi connectivity index (χ2n) is 8.18. The number of nitrogens with zero attached hydrogens (tertiary/aromatic N) is 2. The molecule has 2 aromatic rings. The van der Waals surface area contributed by atoms with Crippen LogP contribution in [0.25, 0.3) is 0 Å². The monoisotopic (exact) mass is 429 g/mol. The largest absolute Gasteiger partial charge is 0.366 e. The van der Waals surface area contributed by atoms with Gasteiger partial charge in [0.15, 0.2) is 0 Å². The number of benzene rings is 2. The van der Waals surface area contributed by atoms with Crippen molar-refractivity contribution in [2.24, 2.45) is 11.7 Å². The van der Waals surface area contributed by atoms with Crippen molar-refractivity contribution in [2.75, 3.05) is 19.6 Å². The third kappa shape index (κ3) is 4.41. The molecule has 0 radical (unpaired) electrons. The van der Waals surface area contributed by atoms with Crippen molar-refractivity contribution in [2.45, 2.75) is 36.1 Å². The standard InChI is InChI=1S/C22H27N3O4S/c23-22(26)18-6-8-19(9-7-18)30(28,29)24-12-10-16(11-13-24)15-25(27)21-14-20(21)17-4-2-1-3-5-17/h1-9,16,20-21,27H,10-15H2,(H2,23,26). The zero-order valence-electron chi connectivity index (χ0n) is 16.7. The van der Waals surface area contributed by atoms with Gasteiger partial charge in [0.25, 0.3) is 0 Å². The number of hydrogen-bond donors (Lipinski definition) is 2. The second kappa shape index (κ2) is 8.47. The lowest BCUT2D eigenvalue weighted by Gasteiger charge is -2.32. The van der Waals surface area contributed by atoms with E-state index in [1.807, 2.05) is 18.2 Å². The molecule has 1 aliphatic heterocycles. The maximum absolute atomic E-state index is 12.9. The molecule has 30 heavy (non-hydrogen) atoms. The van der Waals surface area contributed by atoms with Crippen molar-refractivity contribution in [1.29, 1.82) is 0 Å². The number of nitrogens with two attached hydrogens (primary N) is 1. The van der Waals surface area contributed by atoms with E-state index in [0.717, 1.165) is 6.42 Å². The van der Waals surface area contributed by atoms with Gasteiger partial charge in [-0.25, -0.2) is 8.42 Å². The molecule has 7 nitrogen and oxygen atoms in total. The highest BCUT2D eigenvalue weighted by molar-refractivity contribution is 7.89. The minimum Gasteiger partial charge on any atom is -0.366 e. The Morgan fingerprint density at radius 3 is 2.30 bits per heavy atom. The van der Waals surface area contributed by atoms with Crippen LogP contribution in [0.15, 0.2) is 59.5 Å². The average molecular weight is 430 g/mol. The van der Waals surface area contributed by atoms with Crippen LogP contribution in [0.1, 0.15) is 41.1 Å². The van der Waals surface area contributed by atoms with Crippen molar-refractivity contribution >= 4 is 15.9 Å². The molecule has 2 aromatic carbocycles. The first-order valence-corrected chi connectivity index (χ1v) is 11.7. The van der Waals surface area contributed by atoms with Gasteiger partial charge in [-0.1, -0.05) is 30.3 Å². The zero-order chi connectivity index (χ0) is 21.3. The zero-order valence-corrected chi connectivity index (χ0v) is 17.5. The van der Waals surface area contributed by atoms with Crippen molar-refractivity contribution in [3.05, 3.63) is 65.7 Å². The van der Waals surface area contributed by atoms with Crippen LogP contribution in [0.2, 0.25) is 0 Å². The molecule has 0 aromatic heterocycles. The van der Waals surface area contributed by atoms with E-state index in [4.69, 9.17) is 5.73 Å². The molecule has 1 saturated heterocycles. The Balaban J connectivity index is 1.30. The Morgan fingerprint density at radius 2 is 1.70 bits per heavy atom. The summed E-state index contributed by atoms with van der Waals surface area (Å²) in [5, 5.41) is 12.0. The number of sulfonamides is 1. The number of hydrogen-bond acceptors (Lipinski definition) is 5. The van der Waals surface area contributed by atoms with Crippen LogP contribution in [0.5, 0.6) is 0 Å². The van der Waals surface area contributed by atoms with E-state index in [1.165, 1.54) is 39.2 Å². The molecule has 1 heterocycles. The van der Waals surface area contributed by atoms with Gasteiger partial charge < -0.3 is 10.9 Å². The molecule has 4 rings (SSSR count). The summed E-state index contributed by atoms with van der Waals surface area (Å²) in [6, 6.07) is 16.1. The maximum atomic E-state index is 12.9. The minimum atomic E-state index is -3.60. The second-order valence-corrected chi connectivity index (χ2v) is 10.1. The normalized spacial score (nSPS) is 22.9. The van der Waals surface area contributed by atoms with Gasteiger partial charge in [0.05, 0.1) is 4.90 Å². The van der Waals surface area contributed by atoms with Crippen LogP contribution >= 0.6 is 0 Å². The molecular formula is C22H27N3O4S. The van der Waals surface area contributed by atoms with Gasteiger partial charge in [0, 0.05) is 37.2 Å². The van der Waals surface area contributed by atoms with Crippen molar-refractivity contribution in [3.8, 4) is 0 Å². The summed E-state index contributed by atoms with van der Waals surface area (Å²) in [6.45, 7) is 1.41. The Bertz CT molecular complexity index is 987. The molecule has 3 N–H and O–H groups in total. The Kier molecular flexibility index (Phi) is 5.92. The molecule has 1 amide bonds. The summed E-state index contributed by atoms with van der Waals surface area (Å²) in [7, 11) is -3.60. The lowest BCUT2D eigenvalue weighted by atomic mass is 9.98. The fourth-order valence-electron chi connectivity index (χ4n) is 4.24. The summed E-state index contributed by atoms with van der Waals surface area (Å²) in [5.41, 5.74) is 6.75. The number of piperidine rings is 1. The van der Waals surface area contributed by atoms with Crippen LogP contribution in [0.4, 0.5) is 0 Å². The van der Waals surface area contributed by atoms with Crippen molar-refractivity contribution in [1.82, 2.24) is 9.37 Å². The van der Waals surface area contributed by atoms with Gasteiger partial charge in [0.1, 0.15) is 0 Å². The fourth-order valence-corrected chi connectivity index (χ4v) is 5.71. The molecule has 8 heteroatoms. The van der Waals surface area contributed by atoms with E-state index >= 15 is 0 Å². The summed E-state index contributed by atoms with van der Waals surface area (Å²) in [5.74, 6) is 0.0502. The SMILES string of the molecule is NC(=O)c1ccc(S(=O)(=O)N2CCC(CN(O)C3CC3c3ccccc3)CC2)cc1. The van der Waals surface area contributed by atoms with E-state index in [0.29, 0.717) is 38.4 Å². The number of hydroxylamine groups is 2. The first-order valence-electron chi connectivity index (χ1n) is 10.3. The average Bonchev–Trinajstić information content (AvgIpc) is 3.56. The van der Waals surface area contributed by atoms with Crippen molar-refractivity contribution < 1.29 is 18.4 Å². The maximum Gasteiger partial charge on any atom is 0.248 e. The topological polar surface area (TPSA) is 104 Å². The predicted octanol–water partition coefficient (Wildman–Crippen LogP) is 2.43. The van der Waals surface area contributed by atoms with Crippen LogP contribution in [0.3, 0.4) is 0 Å². The summed E-state index contributed by atoms with van der Waals surface area (Å²) < 4.78 is 27.2. The molecule has 2 unspecified atom stereocenters. The highest BCUT2D eigenvalue weighted by Gasteiger charge is 2.43. The lowest BCUT2D eigenvalue weighted by molar-refractivity contribution is -0.114. The molecule has 0 bridgehead atoms. The Morgan fingerprint density at radius 1 is 1.07 bits per heavy atom. The minimum absolute atomic E-state index is 0.151. The quantitative estimate of drug-likeness (QED) is 0.658. The van der Waals surface area contributed by atoms with E-state index in [-0.39, 0.29) is 22.4 Å². The molecule has 2 atom stereocenters. The third-order valence-corrected chi connectivity index (χ3v) is 8.08. The number of carbonyl (C=O) groups excluding carboxylic acids is 1. The van der Waals surface area contributed by atoms with Gasteiger partial charge in [-0.2, -0.15) is 9.37 Å². The number of rotatable bonds is 7. The fraction of sp³-hybridized carbons (Fsp3) is 0.409. The molecule has 160 valence electrons.